The summed E-state index contributed by atoms with van der Waals surface area (Å²) in [5, 5.41) is 10.9. The van der Waals surface area contributed by atoms with Crippen LogP contribution < -0.4 is 14.8 Å². The molecule has 0 aromatic heterocycles. The van der Waals surface area contributed by atoms with Crippen LogP contribution in [0, 0.1) is 0 Å². The number of nitrogens with one attached hydrogen (secondary N) is 2. The van der Waals surface area contributed by atoms with Crippen molar-refractivity contribution in [2.45, 2.75) is 11.3 Å². The highest BCUT2D eigenvalue weighted by Crippen LogP contribution is 2.35. The Bertz CT molecular complexity index is 703. The molecule has 2 rings (SSSR count). The molecule has 3 N–H and O–H groups in total. The van der Waals surface area contributed by atoms with Crippen LogP contribution in [0.2, 0.25) is 5.02 Å². The molecule has 1 amide bonds. The first-order valence-electron chi connectivity index (χ1n) is 5.77. The number of carbonyl (C=O) groups is 2. The topological polar surface area (TPSA) is 122 Å². The maximum Gasteiger partial charge on any atom is 0.304 e. The number of amides is 1. The molecule has 0 spiro atoms. The van der Waals surface area contributed by atoms with Crippen LogP contribution in [0.25, 0.3) is 0 Å². The van der Waals surface area contributed by atoms with Gasteiger partial charge in [-0.2, -0.15) is 0 Å². The van der Waals surface area contributed by atoms with E-state index in [2.05, 4.69) is 10.0 Å². The van der Waals surface area contributed by atoms with Gasteiger partial charge in [-0.3, -0.25) is 9.59 Å². The molecule has 1 aromatic rings. The average Bonchev–Trinajstić information content (AvgIpc) is 2.36. The average molecular weight is 335 g/mol. The van der Waals surface area contributed by atoms with Crippen LogP contribution in [0.4, 0.5) is 5.69 Å². The highest BCUT2D eigenvalue weighted by Gasteiger charge is 2.24. The van der Waals surface area contributed by atoms with E-state index in [1.54, 1.807) is 0 Å². The molecular weight excluding hydrogens is 324 g/mol. The highest BCUT2D eigenvalue weighted by atomic mass is 35.5. The van der Waals surface area contributed by atoms with Gasteiger partial charge in [0, 0.05) is 12.6 Å². The molecule has 0 saturated heterocycles. The van der Waals surface area contributed by atoms with Gasteiger partial charge >= 0.3 is 5.97 Å². The molecule has 0 fully saturated rings. The van der Waals surface area contributed by atoms with Crippen molar-refractivity contribution in [1.82, 2.24) is 4.72 Å². The molecule has 0 bridgehead atoms. The lowest BCUT2D eigenvalue weighted by Gasteiger charge is -2.19. The first-order valence-corrected chi connectivity index (χ1v) is 7.63. The lowest BCUT2D eigenvalue weighted by molar-refractivity contribution is -0.136. The summed E-state index contributed by atoms with van der Waals surface area (Å²) in [5.74, 6) is -1.31. The van der Waals surface area contributed by atoms with Crippen LogP contribution in [0.15, 0.2) is 17.0 Å². The van der Waals surface area contributed by atoms with E-state index in [1.165, 1.54) is 12.1 Å². The van der Waals surface area contributed by atoms with E-state index in [1.807, 2.05) is 0 Å². The number of sulfonamides is 1. The zero-order valence-corrected chi connectivity index (χ0v) is 12.1. The molecule has 1 heterocycles. The van der Waals surface area contributed by atoms with Crippen LogP contribution in [0.5, 0.6) is 5.75 Å². The minimum Gasteiger partial charge on any atom is -0.482 e. The fourth-order valence-electron chi connectivity index (χ4n) is 1.66. The van der Waals surface area contributed by atoms with E-state index in [0.29, 0.717) is 0 Å². The van der Waals surface area contributed by atoms with E-state index < -0.39 is 16.0 Å². The van der Waals surface area contributed by atoms with E-state index in [9.17, 15) is 18.0 Å². The highest BCUT2D eigenvalue weighted by molar-refractivity contribution is 7.89. The first kappa shape index (κ1) is 15.5. The second-order valence-electron chi connectivity index (χ2n) is 4.16. The summed E-state index contributed by atoms with van der Waals surface area (Å²) in [6.07, 6.45) is -0.353. The number of hydrogen-bond acceptors (Lipinski definition) is 5. The summed E-state index contributed by atoms with van der Waals surface area (Å²) < 4.78 is 31.3. The number of rotatable bonds is 5. The van der Waals surface area contributed by atoms with Gasteiger partial charge in [0.25, 0.3) is 5.91 Å². The van der Waals surface area contributed by atoms with Gasteiger partial charge in [-0.1, -0.05) is 11.6 Å². The number of carboxylic acids is 1. The predicted molar refractivity (Wildman–Crippen MR) is 73.0 cm³/mol. The van der Waals surface area contributed by atoms with Gasteiger partial charge in [0.2, 0.25) is 10.0 Å². The number of carboxylic acid groups (broad SMARTS) is 1. The van der Waals surface area contributed by atoms with Gasteiger partial charge in [-0.05, 0) is 6.07 Å². The van der Waals surface area contributed by atoms with E-state index in [-0.39, 0.29) is 46.8 Å². The van der Waals surface area contributed by atoms with Crippen LogP contribution in [0.3, 0.4) is 0 Å². The van der Waals surface area contributed by atoms with E-state index >= 15 is 0 Å². The van der Waals surface area contributed by atoms with Crippen LogP contribution in [-0.2, 0) is 19.6 Å². The number of aliphatic carboxylic acids is 1. The van der Waals surface area contributed by atoms with Crippen molar-refractivity contribution < 1.29 is 27.9 Å². The molecular formula is C11H11ClN2O6S. The molecule has 21 heavy (non-hydrogen) atoms. The number of fused-ring (bicyclic) bond motifs is 1. The van der Waals surface area contributed by atoms with Crippen molar-refractivity contribution in [1.29, 1.82) is 0 Å². The Kier molecular flexibility index (Phi) is 4.35. The van der Waals surface area contributed by atoms with Crippen molar-refractivity contribution >= 4 is 39.2 Å². The lowest BCUT2D eigenvalue weighted by atomic mass is 10.2. The van der Waals surface area contributed by atoms with Gasteiger partial charge < -0.3 is 15.2 Å². The zero-order chi connectivity index (χ0) is 15.6. The number of halogens is 1. The third-order valence-corrected chi connectivity index (χ3v) is 4.51. The summed E-state index contributed by atoms with van der Waals surface area (Å²) in [5.41, 5.74) is 0.278. The summed E-state index contributed by atoms with van der Waals surface area (Å²) in [4.78, 5) is 21.3. The first-order chi connectivity index (χ1) is 9.79. The Labute approximate surface area is 125 Å². The fraction of sp³-hybridized carbons (Fsp3) is 0.273. The molecule has 8 nitrogen and oxygen atoms in total. The van der Waals surface area contributed by atoms with Gasteiger partial charge in [-0.25, -0.2) is 13.1 Å². The Hall–Kier alpha value is -1.84. The fourth-order valence-corrected chi connectivity index (χ4v) is 3.23. The quantitative estimate of drug-likeness (QED) is 0.717. The normalized spacial score (nSPS) is 14.0. The molecule has 10 heteroatoms. The predicted octanol–water partition coefficient (Wildman–Crippen LogP) is 0.424. The molecule has 0 unspecified atom stereocenters. The number of benzene rings is 1. The number of ether oxygens (including phenoxy) is 1. The largest absolute Gasteiger partial charge is 0.482 e. The summed E-state index contributed by atoms with van der Waals surface area (Å²) >= 11 is 5.89. The molecule has 1 aliphatic rings. The van der Waals surface area contributed by atoms with Gasteiger partial charge in [-0.15, -0.1) is 0 Å². The third-order valence-electron chi connectivity index (χ3n) is 2.59. The molecule has 0 atom stereocenters. The number of hydrogen-bond donors (Lipinski definition) is 3. The number of carbonyl (C=O) groups excluding carboxylic acids is 1. The molecule has 1 aromatic carbocycles. The molecule has 0 radical (unpaired) electrons. The number of anilines is 1. The summed E-state index contributed by atoms with van der Waals surface area (Å²) in [6, 6.07) is 2.44. The van der Waals surface area contributed by atoms with Crippen molar-refractivity contribution in [2.24, 2.45) is 0 Å². The van der Waals surface area contributed by atoms with Crippen molar-refractivity contribution in [3.8, 4) is 5.75 Å². The Morgan fingerprint density at radius 2 is 2.19 bits per heavy atom. The van der Waals surface area contributed by atoms with Crippen LogP contribution >= 0.6 is 11.6 Å². The maximum atomic E-state index is 12.1. The minimum absolute atomic E-state index is 0.109. The molecule has 0 saturated carbocycles. The molecule has 1 aliphatic heterocycles. The van der Waals surface area contributed by atoms with Crippen molar-refractivity contribution in [3.63, 3.8) is 0 Å². The molecule has 0 aliphatic carbocycles. The van der Waals surface area contributed by atoms with Gasteiger partial charge in [0.1, 0.15) is 10.6 Å². The Morgan fingerprint density at radius 3 is 2.86 bits per heavy atom. The monoisotopic (exact) mass is 334 g/mol. The summed E-state index contributed by atoms with van der Waals surface area (Å²) in [7, 11) is -3.97. The van der Waals surface area contributed by atoms with E-state index in [4.69, 9.17) is 21.4 Å². The second-order valence-corrected chi connectivity index (χ2v) is 6.30. The van der Waals surface area contributed by atoms with Crippen LogP contribution in [-0.4, -0.2) is 38.6 Å². The van der Waals surface area contributed by atoms with Crippen molar-refractivity contribution in [3.05, 3.63) is 17.2 Å². The van der Waals surface area contributed by atoms with Gasteiger partial charge in [0.15, 0.2) is 6.61 Å². The smallest absolute Gasteiger partial charge is 0.304 e. The SMILES string of the molecule is O=C(O)CCNS(=O)(=O)c1cc2c(cc1Cl)NC(=O)CO2. The van der Waals surface area contributed by atoms with Crippen LogP contribution in [0.1, 0.15) is 6.42 Å². The standard InChI is InChI=1S/C11H11ClN2O6S/c12-6-3-7-8(20-5-10(15)14-7)4-9(6)21(18,19)13-2-1-11(16)17/h3-4,13H,1-2,5H2,(H,14,15)(H,16,17). The third kappa shape index (κ3) is 3.63. The minimum atomic E-state index is -3.97. The lowest BCUT2D eigenvalue weighted by Crippen LogP contribution is -2.28. The maximum absolute atomic E-state index is 12.1. The summed E-state index contributed by atoms with van der Waals surface area (Å²) in [6.45, 7) is -0.483. The van der Waals surface area contributed by atoms with Crippen molar-refractivity contribution in [2.75, 3.05) is 18.5 Å². The second kappa shape index (κ2) is 5.88. The Balaban J connectivity index is 2.27. The van der Waals surface area contributed by atoms with E-state index in [0.717, 1.165) is 0 Å². The zero-order valence-electron chi connectivity index (χ0n) is 10.6. The van der Waals surface area contributed by atoms with Gasteiger partial charge in [0.05, 0.1) is 17.1 Å². The molecule has 114 valence electrons. The Morgan fingerprint density at radius 1 is 1.48 bits per heavy atom.